The number of hydrogen-bond donors (Lipinski definition) is 1. The van der Waals surface area contributed by atoms with E-state index < -0.39 is 6.30 Å². The molecule has 5 heteroatoms. The summed E-state index contributed by atoms with van der Waals surface area (Å²) in [5.74, 6) is 0. The first kappa shape index (κ1) is 6.27. The van der Waals surface area contributed by atoms with Gasteiger partial charge in [-0.25, -0.2) is 0 Å². The predicted molar refractivity (Wildman–Crippen MR) is 16.3 cm³/mol. The van der Waals surface area contributed by atoms with Crippen LogP contribution in [0.3, 0.4) is 0 Å². The normalized spacial score (nSPS) is 12.0. The van der Waals surface area contributed by atoms with E-state index in [0.29, 0.717) is 0 Å². The molecule has 1 N–H and O–H groups in total. The molecule has 0 aliphatic heterocycles. The van der Waals surface area contributed by atoms with Gasteiger partial charge in [0.25, 0.3) is 0 Å². The van der Waals surface area contributed by atoms with Crippen LogP contribution in [0.4, 0.5) is 13.2 Å². The molecule has 0 aromatic carbocycles. The summed E-state index contributed by atoms with van der Waals surface area (Å²) in [4.78, 5) is 0. The molecule has 6 heavy (non-hydrogen) atoms. The van der Waals surface area contributed by atoms with E-state index in [2.05, 4.69) is 0 Å². The van der Waals surface area contributed by atoms with Crippen molar-refractivity contribution >= 4 is 16.2 Å². The molecule has 0 saturated carbocycles. The summed E-state index contributed by atoms with van der Waals surface area (Å²) in [6, 6.07) is 0. The van der Waals surface area contributed by atoms with Gasteiger partial charge in [0.2, 0.25) is 0 Å². The summed E-state index contributed by atoms with van der Waals surface area (Å²) in [7, 11) is 0. The summed E-state index contributed by atoms with van der Waals surface area (Å²) in [5.41, 5.74) is 0. The van der Waals surface area contributed by atoms with Crippen molar-refractivity contribution in [3.8, 4) is 0 Å². The van der Waals surface area contributed by atoms with Crippen molar-refractivity contribution in [3.63, 3.8) is 0 Å². The summed E-state index contributed by atoms with van der Waals surface area (Å²) >= 11 is 1.22. The molecular weight excluding hydrogens is 162 g/mol. The van der Waals surface area contributed by atoms with E-state index >= 15 is 0 Å². The van der Waals surface area contributed by atoms with Crippen LogP contribution in [0.5, 0.6) is 0 Å². The molecule has 0 unspecified atom stereocenters. The molecule has 0 rings (SSSR count). The molecule has 0 heterocycles. The summed E-state index contributed by atoms with van der Waals surface area (Å²) in [6.07, 6.45) is -4.24. The first-order valence-corrected chi connectivity index (χ1v) is 1.98. The molecule has 0 atom stereocenters. The molecule has 1 nitrogen and oxygen atoms in total. The van der Waals surface area contributed by atoms with Crippen molar-refractivity contribution in [2.24, 2.45) is 0 Å². The topological polar surface area (TPSA) is 12.0 Å². The van der Waals surface area contributed by atoms with Crippen LogP contribution in [0.2, 0.25) is 0 Å². The van der Waals surface area contributed by atoms with Crippen LogP contribution in [0, 0.1) is 0 Å². The number of alkyl halides is 3. The third-order valence-electron chi connectivity index (χ3n) is 0.127. The standard InChI is InChI=1S/CH2F3NSe/c2-1(3,4)5-6/h5-6H. The van der Waals surface area contributed by atoms with Gasteiger partial charge in [-0.3, -0.25) is 0 Å². The van der Waals surface area contributed by atoms with Gasteiger partial charge in [-0.2, -0.15) is 0 Å². The minimum atomic E-state index is -4.24. The minimum absolute atomic E-state index is 1.04. The van der Waals surface area contributed by atoms with E-state index in [1.54, 1.807) is 0 Å². The van der Waals surface area contributed by atoms with Gasteiger partial charge in [-0.1, -0.05) is 0 Å². The number of nitrogens with one attached hydrogen (secondary N) is 1. The maximum absolute atomic E-state index is 10.7. The fourth-order valence-electron chi connectivity index (χ4n) is 0. The zero-order chi connectivity index (χ0) is 5.21. The fraction of sp³-hybridized carbons (Fsp3) is 1.00. The molecule has 0 saturated heterocycles. The van der Waals surface area contributed by atoms with Gasteiger partial charge in [0.05, 0.1) is 0 Å². The third kappa shape index (κ3) is 4.27. The molecule has 0 radical (unpaired) electrons. The van der Waals surface area contributed by atoms with Gasteiger partial charge in [0.15, 0.2) is 0 Å². The van der Waals surface area contributed by atoms with Crippen molar-refractivity contribution in [1.29, 1.82) is 0 Å². The Hall–Kier alpha value is 0.269. The number of hydrogen-bond acceptors (Lipinski definition) is 1. The predicted octanol–water partition coefficient (Wildman–Crippen LogP) is -0.0884. The Morgan fingerprint density at radius 1 is 1.33 bits per heavy atom. The maximum atomic E-state index is 10.7. The molecule has 0 aromatic heterocycles. The van der Waals surface area contributed by atoms with Crippen LogP contribution in [0.15, 0.2) is 0 Å². The van der Waals surface area contributed by atoms with E-state index in [4.69, 9.17) is 0 Å². The van der Waals surface area contributed by atoms with E-state index in [-0.39, 0.29) is 0 Å². The van der Waals surface area contributed by atoms with E-state index in [1.807, 2.05) is 0 Å². The van der Waals surface area contributed by atoms with Crippen molar-refractivity contribution in [3.05, 3.63) is 0 Å². The van der Waals surface area contributed by atoms with Crippen molar-refractivity contribution < 1.29 is 13.2 Å². The van der Waals surface area contributed by atoms with Crippen molar-refractivity contribution in [2.75, 3.05) is 0 Å². The second kappa shape index (κ2) is 1.82. The van der Waals surface area contributed by atoms with Crippen molar-refractivity contribution in [2.45, 2.75) is 6.30 Å². The van der Waals surface area contributed by atoms with Crippen LogP contribution < -0.4 is 4.33 Å². The monoisotopic (exact) mass is 165 g/mol. The molecule has 0 spiro atoms. The molecule has 0 fully saturated rings. The van der Waals surface area contributed by atoms with Crippen LogP contribution >= 0.6 is 0 Å². The van der Waals surface area contributed by atoms with Gasteiger partial charge < -0.3 is 0 Å². The van der Waals surface area contributed by atoms with E-state index in [1.165, 1.54) is 16.2 Å². The zero-order valence-electron chi connectivity index (χ0n) is 2.58. The van der Waals surface area contributed by atoms with Crippen LogP contribution in [-0.4, -0.2) is 22.5 Å². The van der Waals surface area contributed by atoms with Crippen LogP contribution in [-0.2, 0) is 0 Å². The SMILES string of the molecule is FC(F)(F)N[SeH]. The Kier molecular flexibility index (Phi) is 1.90. The second-order valence-electron chi connectivity index (χ2n) is 0.610. The Balaban J connectivity index is 3.17. The molecular formula is CH2F3NSe. The second-order valence-corrected chi connectivity index (χ2v) is 1.08. The number of rotatable bonds is 0. The molecule has 0 aliphatic rings. The summed E-state index contributed by atoms with van der Waals surface area (Å²) < 4.78 is 33.0. The Bertz CT molecular complexity index is 40.5. The molecule has 0 aromatic rings. The first-order valence-electron chi connectivity index (χ1n) is 1.04. The fourth-order valence-corrected chi connectivity index (χ4v) is 0. The quantitative estimate of drug-likeness (QED) is 0.389. The van der Waals surface area contributed by atoms with Crippen LogP contribution in [0.25, 0.3) is 0 Å². The van der Waals surface area contributed by atoms with Gasteiger partial charge in [0.1, 0.15) is 0 Å². The molecule has 0 amide bonds. The van der Waals surface area contributed by atoms with Crippen LogP contribution in [0.1, 0.15) is 0 Å². The van der Waals surface area contributed by atoms with Crippen molar-refractivity contribution in [1.82, 2.24) is 4.33 Å². The van der Waals surface area contributed by atoms with Gasteiger partial charge in [0, 0.05) is 0 Å². The Morgan fingerprint density at radius 3 is 1.50 bits per heavy atom. The van der Waals surface area contributed by atoms with Gasteiger partial charge in [-0.05, 0) is 0 Å². The molecule has 0 bridgehead atoms. The Labute approximate surface area is 40.9 Å². The summed E-state index contributed by atoms with van der Waals surface area (Å²) in [5, 5.41) is 0. The van der Waals surface area contributed by atoms with E-state index in [0.717, 1.165) is 4.33 Å². The van der Waals surface area contributed by atoms with Gasteiger partial charge >= 0.3 is 40.0 Å². The molecule has 0 aliphatic carbocycles. The van der Waals surface area contributed by atoms with Gasteiger partial charge in [-0.15, -0.1) is 0 Å². The average molecular weight is 164 g/mol. The zero-order valence-corrected chi connectivity index (χ0v) is 4.46. The third-order valence-corrected chi connectivity index (χ3v) is 0.659. The molecule has 38 valence electrons. The Morgan fingerprint density at radius 2 is 1.50 bits per heavy atom. The average Bonchev–Trinajstić information content (AvgIpc) is 1.35. The summed E-state index contributed by atoms with van der Waals surface area (Å²) in [6.45, 7) is 0. The first-order chi connectivity index (χ1) is 2.56. The number of halogens is 3. The van der Waals surface area contributed by atoms with E-state index in [9.17, 15) is 13.2 Å².